The first-order valence-corrected chi connectivity index (χ1v) is 9.74. The van der Waals surface area contributed by atoms with E-state index in [1.54, 1.807) is 16.8 Å². The number of aromatic nitrogens is 4. The van der Waals surface area contributed by atoms with Crippen molar-refractivity contribution in [3.63, 3.8) is 0 Å². The number of halogens is 1. The molecule has 1 fully saturated rings. The first-order chi connectivity index (χ1) is 13.7. The predicted octanol–water partition coefficient (Wildman–Crippen LogP) is 2.67. The molecule has 0 aromatic carbocycles. The van der Waals surface area contributed by atoms with Gasteiger partial charge in [-0.3, -0.25) is 9.78 Å². The van der Waals surface area contributed by atoms with Crippen molar-refractivity contribution in [3.8, 4) is 0 Å². The maximum absolute atomic E-state index is 14.0. The summed E-state index contributed by atoms with van der Waals surface area (Å²) in [6.07, 6.45) is 9.08. The number of carbonyl (C=O) groups excluding carboxylic acids is 1. The Morgan fingerprint density at radius 3 is 3.07 bits per heavy atom. The number of fused-ring (bicyclic) bond motifs is 5. The fraction of sp³-hybridized carbons (Fsp3) is 0.400. The number of amides is 1. The molecular formula is C20H21FN6O. The highest BCUT2D eigenvalue weighted by Crippen LogP contribution is 2.37. The number of rotatable bonds is 0. The van der Waals surface area contributed by atoms with E-state index >= 15 is 0 Å². The highest BCUT2D eigenvalue weighted by molar-refractivity contribution is 5.99. The first kappa shape index (κ1) is 17.1. The van der Waals surface area contributed by atoms with Gasteiger partial charge in [0.2, 0.25) is 0 Å². The van der Waals surface area contributed by atoms with Gasteiger partial charge in [0.1, 0.15) is 17.2 Å². The van der Waals surface area contributed by atoms with E-state index in [0.29, 0.717) is 17.8 Å². The van der Waals surface area contributed by atoms with Crippen LogP contribution in [0.15, 0.2) is 30.7 Å². The van der Waals surface area contributed by atoms with Crippen molar-refractivity contribution in [1.29, 1.82) is 0 Å². The van der Waals surface area contributed by atoms with Crippen LogP contribution in [-0.4, -0.2) is 38.6 Å². The van der Waals surface area contributed by atoms with Crippen LogP contribution in [-0.2, 0) is 6.42 Å². The molecule has 3 aromatic heterocycles. The van der Waals surface area contributed by atoms with Crippen LogP contribution in [0.2, 0.25) is 0 Å². The maximum Gasteiger partial charge on any atom is 0.256 e. The molecule has 1 saturated heterocycles. The smallest absolute Gasteiger partial charge is 0.256 e. The van der Waals surface area contributed by atoms with Gasteiger partial charge >= 0.3 is 0 Å². The van der Waals surface area contributed by atoms with Crippen molar-refractivity contribution >= 4 is 17.4 Å². The molecule has 2 aliphatic rings. The second-order valence-electron chi connectivity index (χ2n) is 7.37. The Balaban J connectivity index is 1.65. The lowest BCUT2D eigenvalue weighted by atomic mass is 9.99. The summed E-state index contributed by atoms with van der Waals surface area (Å²) in [5.41, 5.74) is 2.90. The zero-order chi connectivity index (χ0) is 19.1. The standard InChI is InChI=1S/C20H21FN6O/c21-13-10-14-16(23-11-13)4-1-2-7-22-20(28)15-12-24-27-9-6-18(25-19(15)27)26-8-3-5-17(14)26/h6,9-12,17H,1-5,7-8H2,(H,22,28)/t17-/m1/s1. The second-order valence-corrected chi connectivity index (χ2v) is 7.37. The Bertz CT molecular complexity index is 1050. The molecule has 144 valence electrons. The molecule has 2 aliphatic heterocycles. The molecule has 3 aromatic rings. The normalized spacial score (nSPS) is 20.0. The van der Waals surface area contributed by atoms with Gasteiger partial charge < -0.3 is 10.2 Å². The van der Waals surface area contributed by atoms with E-state index in [0.717, 1.165) is 55.7 Å². The Labute approximate surface area is 161 Å². The molecule has 7 nitrogen and oxygen atoms in total. The number of anilines is 1. The number of hydrogen-bond acceptors (Lipinski definition) is 5. The monoisotopic (exact) mass is 380 g/mol. The van der Waals surface area contributed by atoms with Crippen LogP contribution in [0.4, 0.5) is 10.2 Å². The van der Waals surface area contributed by atoms with E-state index < -0.39 is 0 Å². The highest BCUT2D eigenvalue weighted by Gasteiger charge is 2.30. The summed E-state index contributed by atoms with van der Waals surface area (Å²) in [6.45, 7) is 1.40. The molecule has 0 radical (unpaired) electrons. The fourth-order valence-corrected chi connectivity index (χ4v) is 4.24. The maximum atomic E-state index is 14.0. The summed E-state index contributed by atoms with van der Waals surface area (Å²) < 4.78 is 15.7. The number of pyridine rings is 1. The average molecular weight is 380 g/mol. The number of hydrogen-bond donors (Lipinski definition) is 1. The molecule has 5 heterocycles. The third kappa shape index (κ3) is 2.89. The van der Waals surface area contributed by atoms with Gasteiger partial charge in [0.25, 0.3) is 5.91 Å². The number of aryl methyl sites for hydroxylation is 1. The van der Waals surface area contributed by atoms with Gasteiger partial charge in [-0.25, -0.2) is 13.9 Å². The summed E-state index contributed by atoms with van der Waals surface area (Å²) in [5, 5.41) is 7.19. The van der Waals surface area contributed by atoms with Gasteiger partial charge in [0.05, 0.1) is 18.4 Å². The minimum absolute atomic E-state index is 0.0382. The number of nitrogens with one attached hydrogen (secondary N) is 1. The molecule has 5 rings (SSSR count). The molecule has 28 heavy (non-hydrogen) atoms. The van der Waals surface area contributed by atoms with E-state index in [-0.39, 0.29) is 17.8 Å². The Kier molecular flexibility index (Phi) is 4.18. The molecule has 0 unspecified atom stereocenters. The fourth-order valence-electron chi connectivity index (χ4n) is 4.24. The predicted molar refractivity (Wildman–Crippen MR) is 102 cm³/mol. The van der Waals surface area contributed by atoms with Crippen LogP contribution in [0.3, 0.4) is 0 Å². The van der Waals surface area contributed by atoms with Gasteiger partial charge in [-0.15, -0.1) is 0 Å². The molecule has 1 atom stereocenters. The van der Waals surface area contributed by atoms with Crippen LogP contribution in [0.1, 0.15) is 53.3 Å². The van der Waals surface area contributed by atoms with Crippen molar-refractivity contribution in [2.45, 2.75) is 38.1 Å². The van der Waals surface area contributed by atoms with Crippen LogP contribution >= 0.6 is 0 Å². The zero-order valence-electron chi connectivity index (χ0n) is 15.4. The van der Waals surface area contributed by atoms with Crippen molar-refractivity contribution in [2.24, 2.45) is 0 Å². The van der Waals surface area contributed by atoms with Gasteiger partial charge in [0, 0.05) is 25.0 Å². The zero-order valence-corrected chi connectivity index (χ0v) is 15.4. The first-order valence-electron chi connectivity index (χ1n) is 9.74. The summed E-state index contributed by atoms with van der Waals surface area (Å²) in [7, 11) is 0. The molecular weight excluding hydrogens is 359 g/mol. The van der Waals surface area contributed by atoms with E-state index in [9.17, 15) is 9.18 Å². The Hall–Kier alpha value is -3.03. The molecule has 8 heteroatoms. The lowest BCUT2D eigenvalue weighted by Gasteiger charge is -2.27. The van der Waals surface area contributed by atoms with Crippen molar-refractivity contribution in [3.05, 3.63) is 53.4 Å². The quantitative estimate of drug-likeness (QED) is 0.649. The van der Waals surface area contributed by atoms with Crippen LogP contribution in [0, 0.1) is 5.82 Å². The third-order valence-corrected chi connectivity index (χ3v) is 5.60. The molecule has 0 saturated carbocycles. The van der Waals surface area contributed by atoms with Crippen molar-refractivity contribution in [1.82, 2.24) is 24.9 Å². The highest BCUT2D eigenvalue weighted by atomic mass is 19.1. The minimum Gasteiger partial charge on any atom is -0.352 e. The Morgan fingerprint density at radius 1 is 1.21 bits per heavy atom. The molecule has 2 bridgehead atoms. The van der Waals surface area contributed by atoms with Gasteiger partial charge in [-0.1, -0.05) is 0 Å². The largest absolute Gasteiger partial charge is 0.352 e. The third-order valence-electron chi connectivity index (χ3n) is 5.60. The van der Waals surface area contributed by atoms with Gasteiger partial charge in [0.15, 0.2) is 5.65 Å². The van der Waals surface area contributed by atoms with E-state index in [1.165, 1.54) is 6.20 Å². The summed E-state index contributed by atoms with van der Waals surface area (Å²) in [4.78, 5) is 23.9. The van der Waals surface area contributed by atoms with Crippen molar-refractivity contribution in [2.75, 3.05) is 18.0 Å². The topological polar surface area (TPSA) is 75.4 Å². The molecule has 0 spiro atoms. The summed E-state index contributed by atoms with van der Waals surface area (Å²) in [5.74, 6) is 0.313. The summed E-state index contributed by atoms with van der Waals surface area (Å²) >= 11 is 0. The summed E-state index contributed by atoms with van der Waals surface area (Å²) in [6, 6.07) is 3.57. The molecule has 1 amide bonds. The lowest BCUT2D eigenvalue weighted by molar-refractivity contribution is 0.0954. The van der Waals surface area contributed by atoms with E-state index in [2.05, 4.69) is 20.3 Å². The van der Waals surface area contributed by atoms with E-state index in [4.69, 9.17) is 4.98 Å². The van der Waals surface area contributed by atoms with Gasteiger partial charge in [-0.2, -0.15) is 5.10 Å². The van der Waals surface area contributed by atoms with Gasteiger partial charge in [-0.05, 0) is 49.8 Å². The van der Waals surface area contributed by atoms with E-state index in [1.807, 2.05) is 12.3 Å². The molecule has 1 N–H and O–H groups in total. The lowest BCUT2D eigenvalue weighted by Crippen LogP contribution is -2.27. The van der Waals surface area contributed by atoms with Crippen molar-refractivity contribution < 1.29 is 9.18 Å². The second kappa shape index (κ2) is 6.85. The van der Waals surface area contributed by atoms with Crippen LogP contribution in [0.5, 0.6) is 0 Å². The SMILES string of the molecule is O=C1NCCCCc2ncc(F)cc2[C@H]2CCCN2c2ccn3ncc1c3n2. The molecule has 0 aliphatic carbocycles. The average Bonchev–Trinajstić information content (AvgIpc) is 3.34. The number of carbonyl (C=O) groups is 1. The minimum atomic E-state index is -0.305. The number of nitrogens with zero attached hydrogens (tertiary/aromatic N) is 5. The Morgan fingerprint density at radius 2 is 2.14 bits per heavy atom. The van der Waals surface area contributed by atoms with Crippen LogP contribution in [0.25, 0.3) is 5.65 Å². The van der Waals surface area contributed by atoms with Crippen LogP contribution < -0.4 is 10.2 Å².